The molecule has 2 rings (SSSR count). The molecule has 11 heteroatoms. The lowest BCUT2D eigenvalue weighted by molar-refractivity contribution is -0.123. The number of benzene rings is 2. The van der Waals surface area contributed by atoms with E-state index in [1.54, 1.807) is 6.07 Å². The van der Waals surface area contributed by atoms with E-state index in [0.717, 1.165) is 0 Å². The minimum absolute atomic E-state index is 0.00261. The maximum absolute atomic E-state index is 13.1. The highest BCUT2D eigenvalue weighted by Gasteiger charge is 2.21. The summed E-state index contributed by atoms with van der Waals surface area (Å²) in [4.78, 5) is 35.0. The highest BCUT2D eigenvalue weighted by atomic mass is 32.2. The van der Waals surface area contributed by atoms with E-state index < -0.39 is 27.8 Å². The lowest BCUT2D eigenvalue weighted by Gasteiger charge is -2.15. The maximum Gasteiger partial charge on any atom is 0.241 e. The van der Waals surface area contributed by atoms with Crippen LogP contribution >= 0.6 is 0 Å². The van der Waals surface area contributed by atoms with Crippen LogP contribution < -0.4 is 20.7 Å². The van der Waals surface area contributed by atoms with Crippen LogP contribution in [0.15, 0.2) is 53.4 Å². The van der Waals surface area contributed by atoms with Gasteiger partial charge in [0.2, 0.25) is 27.7 Å². The van der Waals surface area contributed by atoms with Crippen LogP contribution in [0.3, 0.4) is 0 Å². The molecule has 0 aliphatic rings. The minimum Gasteiger partial charge on any atom is -0.354 e. The molecule has 9 nitrogen and oxygen atoms in total. The Morgan fingerprint density at radius 2 is 1.66 bits per heavy atom. The van der Waals surface area contributed by atoms with Crippen LogP contribution in [0, 0.1) is 5.82 Å². The quantitative estimate of drug-likeness (QED) is 0.388. The van der Waals surface area contributed by atoms with Gasteiger partial charge in [-0.2, -0.15) is 4.72 Å². The van der Waals surface area contributed by atoms with Crippen LogP contribution in [-0.4, -0.2) is 45.3 Å². The van der Waals surface area contributed by atoms with Gasteiger partial charge >= 0.3 is 0 Å². The van der Waals surface area contributed by atoms with Gasteiger partial charge in [0.25, 0.3) is 0 Å². The van der Waals surface area contributed by atoms with Crippen molar-refractivity contribution in [2.75, 3.05) is 18.4 Å². The molecular weight excluding hydrogens is 439 g/mol. The van der Waals surface area contributed by atoms with E-state index in [-0.39, 0.29) is 36.2 Å². The van der Waals surface area contributed by atoms with Crippen molar-refractivity contribution < 1.29 is 27.2 Å². The predicted molar refractivity (Wildman–Crippen MR) is 117 cm³/mol. The van der Waals surface area contributed by atoms with Gasteiger partial charge in [0, 0.05) is 25.7 Å². The number of sulfonamides is 1. The Hall–Kier alpha value is -3.31. The Morgan fingerprint density at radius 3 is 2.28 bits per heavy atom. The predicted octanol–water partition coefficient (Wildman–Crippen LogP) is 0.926. The van der Waals surface area contributed by atoms with E-state index in [0.29, 0.717) is 11.3 Å². The van der Waals surface area contributed by atoms with E-state index in [4.69, 9.17) is 0 Å². The van der Waals surface area contributed by atoms with E-state index in [2.05, 4.69) is 20.7 Å². The molecule has 0 saturated carbocycles. The zero-order valence-corrected chi connectivity index (χ0v) is 18.5. The summed E-state index contributed by atoms with van der Waals surface area (Å²) in [6.45, 7) is 2.94. The first-order valence-electron chi connectivity index (χ1n) is 9.75. The zero-order valence-electron chi connectivity index (χ0n) is 17.6. The van der Waals surface area contributed by atoms with Gasteiger partial charge in [-0.05, 0) is 48.9 Å². The van der Waals surface area contributed by atoms with Crippen molar-refractivity contribution in [2.24, 2.45) is 0 Å². The van der Waals surface area contributed by atoms with Crippen LogP contribution in [0.1, 0.15) is 19.4 Å². The van der Waals surface area contributed by atoms with Crippen molar-refractivity contribution in [1.29, 1.82) is 0 Å². The van der Waals surface area contributed by atoms with Gasteiger partial charge in [-0.25, -0.2) is 12.8 Å². The molecule has 0 spiro atoms. The fraction of sp³-hybridized carbons (Fsp3) is 0.286. The molecule has 0 aliphatic carbocycles. The standard InChI is InChI=1S/C21H25FN4O5S/c1-14(26-32(30,31)19-8-6-18(7-9-19)25-15(2)27)21(29)24-11-10-23-20(28)13-16-4-3-5-17(22)12-16/h3-9,12,14,26H,10-11,13H2,1-2H3,(H,23,28)(H,24,29)(H,25,27)/t14-/m0/s1. The Morgan fingerprint density at radius 1 is 1.00 bits per heavy atom. The second-order valence-electron chi connectivity index (χ2n) is 7.00. The highest BCUT2D eigenvalue weighted by molar-refractivity contribution is 7.89. The molecular formula is C21H25FN4O5S. The number of rotatable bonds is 10. The Bertz CT molecular complexity index is 1070. The fourth-order valence-electron chi connectivity index (χ4n) is 2.71. The van der Waals surface area contributed by atoms with Gasteiger partial charge in [0.05, 0.1) is 17.4 Å². The summed E-state index contributed by atoms with van der Waals surface area (Å²) in [7, 11) is -3.96. The lowest BCUT2D eigenvalue weighted by Crippen LogP contribution is -2.46. The third-order valence-electron chi connectivity index (χ3n) is 4.21. The number of hydrogen-bond acceptors (Lipinski definition) is 5. The number of carbonyl (C=O) groups excluding carboxylic acids is 3. The topological polar surface area (TPSA) is 133 Å². The number of hydrogen-bond donors (Lipinski definition) is 4. The summed E-state index contributed by atoms with van der Waals surface area (Å²) in [5.41, 5.74) is 0.973. The molecule has 2 aromatic rings. The van der Waals surface area contributed by atoms with Gasteiger partial charge in [0.1, 0.15) is 5.82 Å². The first-order valence-corrected chi connectivity index (χ1v) is 11.2. The minimum atomic E-state index is -3.96. The number of amides is 3. The number of anilines is 1. The Kier molecular flexibility index (Phi) is 8.85. The van der Waals surface area contributed by atoms with Crippen LogP contribution in [0.4, 0.5) is 10.1 Å². The van der Waals surface area contributed by atoms with Gasteiger partial charge < -0.3 is 16.0 Å². The summed E-state index contributed by atoms with van der Waals surface area (Å²) < 4.78 is 40.3. The van der Waals surface area contributed by atoms with Crippen molar-refractivity contribution in [3.8, 4) is 0 Å². The number of halogens is 1. The summed E-state index contributed by atoms with van der Waals surface area (Å²) in [6, 6.07) is 10.1. The zero-order chi connectivity index (χ0) is 23.7. The van der Waals surface area contributed by atoms with Crippen molar-refractivity contribution in [3.05, 3.63) is 59.9 Å². The average molecular weight is 465 g/mol. The monoisotopic (exact) mass is 464 g/mol. The first kappa shape index (κ1) is 25.0. The molecule has 0 bridgehead atoms. The summed E-state index contributed by atoms with van der Waals surface area (Å²) in [6.07, 6.45) is 0.00261. The van der Waals surface area contributed by atoms with Crippen LogP contribution in [0.5, 0.6) is 0 Å². The van der Waals surface area contributed by atoms with Crippen molar-refractivity contribution >= 4 is 33.4 Å². The molecule has 4 N–H and O–H groups in total. The second kappa shape index (κ2) is 11.3. The van der Waals surface area contributed by atoms with E-state index in [9.17, 15) is 27.2 Å². The Labute approximate surface area is 185 Å². The highest BCUT2D eigenvalue weighted by Crippen LogP contribution is 2.14. The maximum atomic E-state index is 13.1. The summed E-state index contributed by atoms with van der Waals surface area (Å²) in [5, 5.41) is 7.65. The smallest absolute Gasteiger partial charge is 0.241 e. The van der Waals surface area contributed by atoms with Crippen LogP contribution in [0.25, 0.3) is 0 Å². The van der Waals surface area contributed by atoms with Gasteiger partial charge in [-0.15, -0.1) is 0 Å². The largest absolute Gasteiger partial charge is 0.354 e. The van der Waals surface area contributed by atoms with Crippen molar-refractivity contribution in [1.82, 2.24) is 15.4 Å². The van der Waals surface area contributed by atoms with Crippen LogP contribution in [-0.2, 0) is 30.8 Å². The molecule has 2 aromatic carbocycles. The van der Waals surface area contributed by atoms with E-state index >= 15 is 0 Å². The first-order chi connectivity index (χ1) is 15.1. The Balaban J connectivity index is 1.77. The van der Waals surface area contributed by atoms with Gasteiger partial charge in [-0.3, -0.25) is 14.4 Å². The lowest BCUT2D eigenvalue weighted by atomic mass is 10.1. The summed E-state index contributed by atoms with van der Waals surface area (Å²) in [5.74, 6) is -1.61. The van der Waals surface area contributed by atoms with Gasteiger partial charge in [0.15, 0.2) is 0 Å². The normalized spacial score (nSPS) is 12.0. The van der Waals surface area contributed by atoms with E-state index in [1.807, 2.05) is 0 Å². The summed E-state index contributed by atoms with van der Waals surface area (Å²) >= 11 is 0. The SMILES string of the molecule is CC(=O)Nc1ccc(S(=O)(=O)N[C@@H](C)C(=O)NCCNC(=O)Cc2cccc(F)c2)cc1. The molecule has 0 aliphatic heterocycles. The van der Waals surface area contributed by atoms with Gasteiger partial charge in [-0.1, -0.05) is 12.1 Å². The molecule has 0 heterocycles. The second-order valence-corrected chi connectivity index (χ2v) is 8.71. The molecule has 0 radical (unpaired) electrons. The molecule has 32 heavy (non-hydrogen) atoms. The van der Waals surface area contributed by atoms with Crippen molar-refractivity contribution in [2.45, 2.75) is 31.2 Å². The molecule has 0 unspecified atom stereocenters. The molecule has 0 fully saturated rings. The van der Waals surface area contributed by atoms with Crippen LogP contribution in [0.2, 0.25) is 0 Å². The molecule has 1 atom stereocenters. The fourth-order valence-corrected chi connectivity index (χ4v) is 3.91. The number of nitrogens with one attached hydrogen (secondary N) is 4. The third kappa shape index (κ3) is 8.08. The molecule has 172 valence electrons. The molecule has 3 amide bonds. The third-order valence-corrected chi connectivity index (χ3v) is 5.77. The van der Waals surface area contributed by atoms with E-state index in [1.165, 1.54) is 56.3 Å². The average Bonchev–Trinajstić information content (AvgIpc) is 2.70. The molecule has 0 aromatic heterocycles. The van der Waals surface area contributed by atoms with Crippen molar-refractivity contribution in [3.63, 3.8) is 0 Å². The molecule has 0 saturated heterocycles. The number of carbonyl (C=O) groups is 3.